The van der Waals surface area contributed by atoms with Crippen molar-refractivity contribution in [2.45, 2.75) is 39.8 Å². The van der Waals surface area contributed by atoms with Crippen LogP contribution in [-0.4, -0.2) is 20.4 Å². The van der Waals surface area contributed by atoms with Crippen molar-refractivity contribution in [3.8, 4) is 0 Å². The molecule has 6 heteroatoms. The summed E-state index contributed by atoms with van der Waals surface area (Å²) in [5.74, 6) is 0.690. The molecule has 1 aromatic heterocycles. The van der Waals surface area contributed by atoms with E-state index in [9.17, 15) is 0 Å². The van der Waals surface area contributed by atoms with Gasteiger partial charge in [-0.05, 0) is 51.4 Å². The molecule has 0 aliphatic rings. The van der Waals surface area contributed by atoms with Crippen molar-refractivity contribution in [3.63, 3.8) is 0 Å². The van der Waals surface area contributed by atoms with Gasteiger partial charge in [-0.2, -0.15) is 4.99 Å². The maximum Gasteiger partial charge on any atom is 0.217 e. The summed E-state index contributed by atoms with van der Waals surface area (Å²) in [4.78, 5) is 15.4. The normalized spacial score (nSPS) is 13.8. The third-order valence-electron chi connectivity index (χ3n) is 4.03. The van der Waals surface area contributed by atoms with E-state index >= 15 is 0 Å². The van der Waals surface area contributed by atoms with Gasteiger partial charge in [-0.3, -0.25) is 8.52 Å². The molecule has 0 amide bonds. The van der Waals surface area contributed by atoms with Gasteiger partial charge in [0.15, 0.2) is 5.84 Å². The first-order chi connectivity index (χ1) is 13.5. The average molecular weight is 394 g/mol. The number of amidine groups is 1. The smallest absolute Gasteiger partial charge is 0.217 e. The van der Waals surface area contributed by atoms with Gasteiger partial charge in [-0.25, -0.2) is 9.98 Å². The molecule has 0 N–H and O–H groups in total. The molecule has 3 rings (SSSR count). The van der Waals surface area contributed by atoms with Crippen LogP contribution < -0.4 is 10.4 Å². The summed E-state index contributed by atoms with van der Waals surface area (Å²) >= 11 is 1.61. The lowest BCUT2D eigenvalue weighted by Crippen LogP contribution is -2.30. The Hall–Kier alpha value is -2.73. The Kier molecular flexibility index (Phi) is 6.41. The van der Waals surface area contributed by atoms with Crippen LogP contribution in [0.2, 0.25) is 0 Å². The molecule has 0 bridgehead atoms. The fourth-order valence-corrected chi connectivity index (χ4v) is 3.66. The number of nitrogens with zero attached hydrogens (tertiary/aromatic N) is 5. The fraction of sp³-hybridized carbons (Fsp3) is 0.318. The van der Waals surface area contributed by atoms with Gasteiger partial charge in [0.1, 0.15) is 0 Å². The van der Waals surface area contributed by atoms with Crippen molar-refractivity contribution in [2.24, 2.45) is 22.0 Å². The van der Waals surface area contributed by atoms with Crippen LogP contribution in [-0.2, 0) is 7.05 Å². The van der Waals surface area contributed by atoms with Gasteiger partial charge in [0, 0.05) is 24.7 Å². The second-order valence-corrected chi connectivity index (χ2v) is 8.07. The molecular weight excluding hydrogens is 366 g/mol. The van der Waals surface area contributed by atoms with Gasteiger partial charge < -0.3 is 0 Å². The summed E-state index contributed by atoms with van der Waals surface area (Å²) in [6.07, 6.45) is 0. The monoisotopic (exact) mass is 393 g/mol. The Morgan fingerprint density at radius 2 is 1.50 bits per heavy atom. The highest BCUT2D eigenvalue weighted by molar-refractivity contribution is 7.03. The van der Waals surface area contributed by atoms with E-state index in [1.165, 1.54) is 0 Å². The highest BCUT2D eigenvalue weighted by Gasteiger charge is 2.10. The Labute approximate surface area is 170 Å². The summed E-state index contributed by atoms with van der Waals surface area (Å²) in [5, 5.41) is 0. The molecule has 0 fully saturated rings. The van der Waals surface area contributed by atoms with E-state index < -0.39 is 0 Å². The summed E-state index contributed by atoms with van der Waals surface area (Å²) in [7, 11) is 2.01. The standard InChI is InChI=1S/C22H27N5S/c1-16(2)23-21-26(5)22(28-27(21)17(3)4)25-20(18-12-8-6-9-13-18)24-19-14-10-7-11-15-19/h6-17H,1-5H3. The van der Waals surface area contributed by atoms with Crippen molar-refractivity contribution in [3.05, 3.63) is 76.6 Å². The van der Waals surface area contributed by atoms with Gasteiger partial charge in [0.05, 0.1) is 5.69 Å². The van der Waals surface area contributed by atoms with Gasteiger partial charge in [-0.15, -0.1) is 0 Å². The minimum atomic E-state index is 0.213. The van der Waals surface area contributed by atoms with Crippen molar-refractivity contribution in [1.29, 1.82) is 0 Å². The van der Waals surface area contributed by atoms with Crippen LogP contribution >= 0.6 is 11.5 Å². The van der Waals surface area contributed by atoms with E-state index in [1.807, 2.05) is 72.3 Å². The third kappa shape index (κ3) is 4.75. The fourth-order valence-electron chi connectivity index (χ4n) is 2.69. The first-order valence-corrected chi connectivity index (χ1v) is 10.3. The lowest BCUT2D eigenvalue weighted by molar-refractivity contribution is 0.569. The molecule has 0 aliphatic carbocycles. The lowest BCUT2D eigenvalue weighted by atomic mass is 10.2. The Morgan fingerprint density at radius 1 is 0.893 bits per heavy atom. The van der Waals surface area contributed by atoms with Crippen LogP contribution in [0, 0.1) is 0 Å². The first kappa shape index (κ1) is 20.0. The molecule has 0 aliphatic heterocycles. The first-order valence-electron chi connectivity index (χ1n) is 9.52. The minimum absolute atomic E-state index is 0.213. The van der Waals surface area contributed by atoms with E-state index in [-0.39, 0.29) is 6.04 Å². The second-order valence-electron chi connectivity index (χ2n) is 7.12. The zero-order valence-corrected chi connectivity index (χ0v) is 17.9. The molecule has 3 aromatic rings. The van der Waals surface area contributed by atoms with Crippen LogP contribution in [0.1, 0.15) is 39.3 Å². The second kappa shape index (κ2) is 8.97. The van der Waals surface area contributed by atoms with E-state index in [4.69, 9.17) is 15.0 Å². The van der Waals surface area contributed by atoms with E-state index in [1.54, 1.807) is 11.5 Å². The minimum Gasteiger partial charge on any atom is -0.289 e. The van der Waals surface area contributed by atoms with E-state index in [0.717, 1.165) is 21.7 Å². The van der Waals surface area contributed by atoms with Crippen LogP contribution in [0.5, 0.6) is 0 Å². The molecule has 0 spiro atoms. The number of rotatable bonds is 4. The molecule has 5 nitrogen and oxygen atoms in total. The van der Waals surface area contributed by atoms with Crippen molar-refractivity contribution < 1.29 is 0 Å². The third-order valence-corrected chi connectivity index (χ3v) is 5.34. The highest BCUT2D eigenvalue weighted by Crippen LogP contribution is 2.14. The molecule has 0 radical (unpaired) electrons. The Morgan fingerprint density at radius 3 is 2.07 bits per heavy atom. The van der Waals surface area contributed by atoms with Gasteiger partial charge in [-0.1, -0.05) is 48.5 Å². The predicted molar refractivity (Wildman–Crippen MR) is 117 cm³/mol. The van der Waals surface area contributed by atoms with Gasteiger partial charge in [0.25, 0.3) is 0 Å². The summed E-state index contributed by atoms with van der Waals surface area (Å²) < 4.78 is 4.25. The molecule has 0 saturated heterocycles. The molecule has 28 heavy (non-hydrogen) atoms. The van der Waals surface area contributed by atoms with Crippen LogP contribution in [0.4, 0.5) is 5.69 Å². The maximum absolute atomic E-state index is 4.95. The maximum atomic E-state index is 4.95. The molecule has 0 atom stereocenters. The largest absolute Gasteiger partial charge is 0.289 e. The summed E-state index contributed by atoms with van der Waals surface area (Å²) in [6, 6.07) is 20.5. The zero-order valence-electron chi connectivity index (χ0n) is 17.1. The summed E-state index contributed by atoms with van der Waals surface area (Å²) in [6.45, 7) is 8.50. The van der Waals surface area contributed by atoms with Crippen LogP contribution in [0.15, 0.2) is 75.6 Å². The molecule has 1 heterocycles. The molecular formula is C22H27N5S. The number of aliphatic imine (C=N–C) groups is 1. The number of benzene rings is 2. The van der Waals surface area contributed by atoms with Crippen LogP contribution in [0.3, 0.4) is 0 Å². The van der Waals surface area contributed by atoms with Crippen molar-refractivity contribution in [1.82, 2.24) is 8.52 Å². The molecule has 2 aromatic carbocycles. The molecule has 0 saturated carbocycles. The summed E-state index contributed by atoms with van der Waals surface area (Å²) in [5.41, 5.74) is 2.80. The predicted octanol–water partition coefficient (Wildman–Crippen LogP) is 4.46. The molecule has 146 valence electrons. The SMILES string of the molecule is CC(C)N=c1n(C(C)C)sc(=NC(=Nc2ccccc2)c2ccccc2)n1C. The zero-order chi connectivity index (χ0) is 20.1. The number of para-hydroxylation sites is 1. The van der Waals surface area contributed by atoms with Gasteiger partial charge in [0.2, 0.25) is 10.4 Å². The van der Waals surface area contributed by atoms with E-state index in [0.29, 0.717) is 11.9 Å². The van der Waals surface area contributed by atoms with Crippen molar-refractivity contribution >= 4 is 23.1 Å². The number of hydrogen-bond acceptors (Lipinski definition) is 3. The average Bonchev–Trinajstić information content (AvgIpc) is 2.98. The quantitative estimate of drug-likeness (QED) is 0.464. The Bertz CT molecular complexity index is 1070. The van der Waals surface area contributed by atoms with E-state index in [2.05, 4.69) is 31.7 Å². The number of hydrogen-bond donors (Lipinski definition) is 0. The topological polar surface area (TPSA) is 46.9 Å². The highest BCUT2D eigenvalue weighted by atomic mass is 32.1. The Balaban J connectivity index is 2.23. The van der Waals surface area contributed by atoms with Gasteiger partial charge >= 0.3 is 0 Å². The lowest BCUT2D eigenvalue weighted by Gasteiger charge is -2.05. The van der Waals surface area contributed by atoms with Crippen LogP contribution in [0.25, 0.3) is 0 Å². The van der Waals surface area contributed by atoms with Crippen molar-refractivity contribution in [2.75, 3.05) is 0 Å². The molecule has 0 unspecified atom stereocenters. The number of aromatic nitrogens is 2.